The first kappa shape index (κ1) is 22.0. The molecule has 0 atom stereocenters. The van der Waals surface area contributed by atoms with Crippen molar-refractivity contribution in [2.24, 2.45) is 5.10 Å². The van der Waals surface area contributed by atoms with E-state index in [0.717, 1.165) is 32.1 Å². The molecule has 0 bridgehead atoms. The smallest absolute Gasteiger partial charge is 0.253 e. The normalized spacial score (nSPS) is 13.6. The van der Waals surface area contributed by atoms with Crippen molar-refractivity contribution in [1.82, 2.24) is 15.2 Å². The number of thioether (sulfide) groups is 2. The fourth-order valence-electron chi connectivity index (χ4n) is 3.13. The fourth-order valence-corrected chi connectivity index (χ4v) is 5.97. The van der Waals surface area contributed by atoms with Crippen molar-refractivity contribution in [3.8, 4) is 0 Å². The molecular weight excluding hydrogens is 444 g/mol. The Morgan fingerprint density at radius 1 is 1.03 bits per heavy atom. The highest BCUT2D eigenvalue weighted by atomic mass is 32.2. The lowest BCUT2D eigenvalue weighted by Crippen LogP contribution is -2.25. The van der Waals surface area contributed by atoms with E-state index in [9.17, 15) is 4.79 Å². The highest BCUT2D eigenvalue weighted by Crippen LogP contribution is 2.31. The Balaban J connectivity index is 1.25. The Bertz CT molecular complexity index is 1050. The van der Waals surface area contributed by atoms with E-state index < -0.39 is 0 Å². The zero-order valence-corrected chi connectivity index (χ0v) is 20.0. The maximum atomic E-state index is 12.5. The molecule has 31 heavy (non-hydrogen) atoms. The van der Waals surface area contributed by atoms with Crippen molar-refractivity contribution in [3.63, 3.8) is 0 Å². The molecule has 1 aromatic heterocycles. The predicted octanol–water partition coefficient (Wildman–Crippen LogP) is 5.68. The molecule has 2 heterocycles. The number of hydrazone groups is 1. The summed E-state index contributed by atoms with van der Waals surface area (Å²) in [6, 6.07) is 18.8. The van der Waals surface area contributed by atoms with Crippen molar-refractivity contribution in [3.05, 3.63) is 71.3 Å². The van der Waals surface area contributed by atoms with Gasteiger partial charge in [-0.2, -0.15) is 5.10 Å². The van der Waals surface area contributed by atoms with E-state index in [4.69, 9.17) is 0 Å². The third-order valence-corrected chi connectivity index (χ3v) is 8.16. The van der Waals surface area contributed by atoms with Crippen molar-refractivity contribution >= 4 is 46.5 Å². The quantitative estimate of drug-likeness (QED) is 0.398. The van der Waals surface area contributed by atoms with E-state index in [1.807, 2.05) is 30.3 Å². The van der Waals surface area contributed by atoms with Crippen LogP contribution in [0.2, 0.25) is 0 Å². The molecule has 0 unspecified atom stereocenters. The Hall–Kier alpha value is -2.16. The van der Waals surface area contributed by atoms with E-state index in [0.29, 0.717) is 18.2 Å². The summed E-state index contributed by atoms with van der Waals surface area (Å²) in [5.74, 6) is 1.73. The SMILES string of the molecule is CC(C)c1ccc(CSc2nnc(SCC(=O)N3CCC(c4ccccc4)=N3)s2)cc1. The lowest BCUT2D eigenvalue weighted by Gasteiger charge is -2.09. The molecule has 160 valence electrons. The first-order chi connectivity index (χ1) is 15.1. The summed E-state index contributed by atoms with van der Waals surface area (Å²) in [7, 11) is 0. The Morgan fingerprint density at radius 3 is 2.45 bits per heavy atom. The van der Waals surface area contributed by atoms with E-state index in [-0.39, 0.29) is 5.91 Å². The van der Waals surface area contributed by atoms with Crippen molar-refractivity contribution in [2.45, 2.75) is 40.6 Å². The fraction of sp³-hybridized carbons (Fsp3) is 0.304. The molecule has 1 aliphatic heterocycles. The van der Waals surface area contributed by atoms with Gasteiger partial charge in [-0.25, -0.2) is 5.01 Å². The summed E-state index contributed by atoms with van der Waals surface area (Å²) in [5, 5.41) is 14.6. The molecule has 5 nitrogen and oxygen atoms in total. The van der Waals surface area contributed by atoms with Gasteiger partial charge in [0.25, 0.3) is 5.91 Å². The van der Waals surface area contributed by atoms with Gasteiger partial charge in [0.2, 0.25) is 0 Å². The Labute approximate surface area is 195 Å². The summed E-state index contributed by atoms with van der Waals surface area (Å²) in [4.78, 5) is 12.5. The molecule has 0 N–H and O–H groups in total. The van der Waals surface area contributed by atoms with Gasteiger partial charge < -0.3 is 0 Å². The third-order valence-electron chi connectivity index (χ3n) is 4.91. The summed E-state index contributed by atoms with van der Waals surface area (Å²) in [5.41, 5.74) is 4.67. The number of carbonyl (C=O) groups is 1. The minimum atomic E-state index is 0.00516. The molecule has 0 fully saturated rings. The van der Waals surface area contributed by atoms with Crippen LogP contribution in [-0.2, 0) is 10.5 Å². The minimum absolute atomic E-state index is 0.00516. The summed E-state index contributed by atoms with van der Waals surface area (Å²) >= 11 is 4.65. The number of carbonyl (C=O) groups excluding carboxylic acids is 1. The molecule has 1 amide bonds. The number of rotatable bonds is 8. The van der Waals surface area contributed by atoms with E-state index in [1.165, 1.54) is 34.2 Å². The van der Waals surface area contributed by atoms with Gasteiger partial charge in [-0.1, -0.05) is 103 Å². The van der Waals surface area contributed by atoms with Crippen molar-refractivity contribution < 1.29 is 4.79 Å². The number of amides is 1. The zero-order chi connectivity index (χ0) is 21.6. The number of hydrogen-bond donors (Lipinski definition) is 0. The highest BCUT2D eigenvalue weighted by Gasteiger charge is 2.22. The first-order valence-electron chi connectivity index (χ1n) is 10.2. The van der Waals surface area contributed by atoms with E-state index >= 15 is 0 Å². The van der Waals surface area contributed by atoms with Gasteiger partial charge in [0.1, 0.15) is 0 Å². The van der Waals surface area contributed by atoms with Gasteiger partial charge in [0.05, 0.1) is 18.0 Å². The molecule has 4 rings (SSSR count). The molecule has 0 saturated heterocycles. The van der Waals surface area contributed by atoms with Crippen LogP contribution < -0.4 is 0 Å². The third kappa shape index (κ3) is 5.96. The van der Waals surface area contributed by atoms with Crippen LogP contribution in [0.4, 0.5) is 0 Å². The number of hydrogen-bond acceptors (Lipinski definition) is 7. The molecule has 0 saturated carbocycles. The molecule has 0 radical (unpaired) electrons. The standard InChI is InChI=1S/C23H24N4OS3/c1-16(2)18-10-8-17(9-11-18)14-29-22-24-25-23(31-22)30-15-21(28)27-13-12-20(26-27)19-6-4-3-5-7-19/h3-11,16H,12-15H2,1-2H3. The maximum absolute atomic E-state index is 12.5. The van der Waals surface area contributed by atoms with Gasteiger partial charge >= 0.3 is 0 Å². The van der Waals surface area contributed by atoms with E-state index in [2.05, 4.69) is 53.4 Å². The van der Waals surface area contributed by atoms with Gasteiger partial charge in [-0.05, 0) is 22.6 Å². The molecule has 8 heteroatoms. The number of aromatic nitrogens is 2. The predicted molar refractivity (Wildman–Crippen MR) is 130 cm³/mol. The zero-order valence-electron chi connectivity index (χ0n) is 17.5. The molecule has 1 aliphatic rings. The maximum Gasteiger partial charge on any atom is 0.253 e. The van der Waals surface area contributed by atoms with Crippen LogP contribution in [0, 0.1) is 0 Å². The molecular formula is C23H24N4OS3. The van der Waals surface area contributed by atoms with Gasteiger partial charge in [0, 0.05) is 12.2 Å². The van der Waals surface area contributed by atoms with Crippen LogP contribution in [0.1, 0.15) is 42.9 Å². The van der Waals surface area contributed by atoms with Crippen molar-refractivity contribution in [1.29, 1.82) is 0 Å². The van der Waals surface area contributed by atoms with Crippen LogP contribution in [0.5, 0.6) is 0 Å². The van der Waals surface area contributed by atoms with E-state index in [1.54, 1.807) is 16.8 Å². The first-order valence-corrected chi connectivity index (χ1v) is 13.0. The second kappa shape index (κ2) is 10.4. The highest BCUT2D eigenvalue weighted by molar-refractivity contribution is 8.03. The average Bonchev–Trinajstić information content (AvgIpc) is 3.47. The largest absolute Gasteiger partial charge is 0.272 e. The van der Waals surface area contributed by atoms with Crippen LogP contribution in [0.15, 0.2) is 68.4 Å². The van der Waals surface area contributed by atoms with Gasteiger partial charge in [-0.3, -0.25) is 4.79 Å². The minimum Gasteiger partial charge on any atom is -0.272 e. The number of nitrogens with zero attached hydrogens (tertiary/aromatic N) is 4. The molecule has 3 aromatic rings. The number of benzene rings is 2. The van der Waals surface area contributed by atoms with Crippen LogP contribution in [0.3, 0.4) is 0 Å². The van der Waals surface area contributed by atoms with Crippen LogP contribution >= 0.6 is 34.9 Å². The molecule has 2 aromatic carbocycles. The van der Waals surface area contributed by atoms with Crippen LogP contribution in [0.25, 0.3) is 0 Å². The second-order valence-corrected chi connectivity index (χ2v) is 10.9. The summed E-state index contributed by atoms with van der Waals surface area (Å²) < 4.78 is 1.74. The Morgan fingerprint density at radius 2 is 1.74 bits per heavy atom. The topological polar surface area (TPSA) is 58.5 Å². The van der Waals surface area contributed by atoms with Gasteiger partial charge in [-0.15, -0.1) is 10.2 Å². The molecule has 0 spiro atoms. The monoisotopic (exact) mass is 468 g/mol. The lowest BCUT2D eigenvalue weighted by atomic mass is 10.0. The second-order valence-electron chi connectivity index (χ2n) is 7.49. The molecule has 0 aliphatic carbocycles. The van der Waals surface area contributed by atoms with Crippen LogP contribution in [-0.4, -0.2) is 39.1 Å². The lowest BCUT2D eigenvalue weighted by molar-refractivity contribution is -0.127. The Kier molecular flexibility index (Phi) is 7.42. The summed E-state index contributed by atoms with van der Waals surface area (Å²) in [6.45, 7) is 5.04. The van der Waals surface area contributed by atoms with Gasteiger partial charge in [0.15, 0.2) is 8.68 Å². The van der Waals surface area contributed by atoms with Crippen molar-refractivity contribution in [2.75, 3.05) is 12.3 Å². The summed E-state index contributed by atoms with van der Waals surface area (Å²) in [6.07, 6.45) is 0.790. The average molecular weight is 469 g/mol.